The topological polar surface area (TPSA) is 0 Å². The lowest BCUT2D eigenvalue weighted by Gasteiger charge is -2.16. The summed E-state index contributed by atoms with van der Waals surface area (Å²) >= 11 is 0. The first-order valence-corrected chi connectivity index (χ1v) is 3.27. The van der Waals surface area contributed by atoms with E-state index < -0.39 is 0 Å². The van der Waals surface area contributed by atoms with Gasteiger partial charge in [0, 0.05) is 0 Å². The molecule has 0 aromatic rings. The van der Waals surface area contributed by atoms with Crippen LogP contribution in [0.4, 0.5) is 0 Å². The van der Waals surface area contributed by atoms with Gasteiger partial charge in [0.15, 0.2) is 0 Å². The SMILES string of the molecule is C[C]1CC=CC(C)C1. The summed E-state index contributed by atoms with van der Waals surface area (Å²) in [6, 6.07) is 0. The van der Waals surface area contributed by atoms with E-state index in [1.54, 1.807) is 5.92 Å². The van der Waals surface area contributed by atoms with E-state index in [1.165, 1.54) is 12.8 Å². The van der Waals surface area contributed by atoms with Crippen molar-refractivity contribution in [2.45, 2.75) is 26.7 Å². The van der Waals surface area contributed by atoms with Crippen molar-refractivity contribution in [2.24, 2.45) is 5.92 Å². The molecule has 0 saturated carbocycles. The zero-order chi connectivity index (χ0) is 5.98. The van der Waals surface area contributed by atoms with Gasteiger partial charge in [-0.2, -0.15) is 0 Å². The highest BCUT2D eigenvalue weighted by atomic mass is 14.1. The zero-order valence-corrected chi connectivity index (χ0v) is 5.65. The first-order chi connectivity index (χ1) is 3.79. The van der Waals surface area contributed by atoms with Crippen molar-refractivity contribution in [3.63, 3.8) is 0 Å². The number of hydrogen-bond acceptors (Lipinski definition) is 0. The number of hydrogen-bond donors (Lipinski definition) is 0. The molecule has 1 aliphatic carbocycles. The normalized spacial score (nSPS) is 31.0. The molecular weight excluding hydrogens is 96.1 g/mol. The third kappa shape index (κ3) is 1.36. The van der Waals surface area contributed by atoms with Crippen LogP contribution in [0.25, 0.3) is 0 Å². The van der Waals surface area contributed by atoms with Crippen LogP contribution in [0.3, 0.4) is 0 Å². The van der Waals surface area contributed by atoms with Gasteiger partial charge in [0.25, 0.3) is 0 Å². The lowest BCUT2D eigenvalue weighted by molar-refractivity contribution is 0.618. The first-order valence-electron chi connectivity index (χ1n) is 3.27. The van der Waals surface area contributed by atoms with E-state index in [-0.39, 0.29) is 0 Å². The highest BCUT2D eigenvalue weighted by Gasteiger charge is 2.08. The molecule has 0 aliphatic heterocycles. The maximum Gasteiger partial charge on any atom is -0.0229 e. The van der Waals surface area contributed by atoms with Gasteiger partial charge in [0.1, 0.15) is 0 Å². The van der Waals surface area contributed by atoms with Crippen molar-refractivity contribution >= 4 is 0 Å². The molecule has 0 spiro atoms. The Morgan fingerprint density at radius 3 is 2.75 bits per heavy atom. The number of rotatable bonds is 0. The summed E-state index contributed by atoms with van der Waals surface area (Å²) < 4.78 is 0. The summed E-state index contributed by atoms with van der Waals surface area (Å²) in [6.45, 7) is 4.50. The van der Waals surface area contributed by atoms with Gasteiger partial charge in [-0.15, -0.1) is 0 Å². The molecule has 0 heterocycles. The minimum Gasteiger partial charge on any atom is -0.0877 e. The fraction of sp³-hybridized carbons (Fsp3) is 0.625. The molecule has 1 atom stereocenters. The van der Waals surface area contributed by atoms with Gasteiger partial charge in [-0.1, -0.05) is 26.0 Å². The Kier molecular flexibility index (Phi) is 1.72. The Morgan fingerprint density at radius 1 is 1.62 bits per heavy atom. The minimum atomic E-state index is 0.795. The predicted molar refractivity (Wildman–Crippen MR) is 36.5 cm³/mol. The average Bonchev–Trinajstić information content (AvgIpc) is 1.64. The fourth-order valence-corrected chi connectivity index (χ4v) is 1.20. The number of allylic oxidation sites excluding steroid dienone is 2. The quantitative estimate of drug-likeness (QED) is 0.419. The summed E-state index contributed by atoms with van der Waals surface area (Å²) in [5.41, 5.74) is 0. The lowest BCUT2D eigenvalue weighted by Crippen LogP contribution is -2.02. The van der Waals surface area contributed by atoms with Crippen LogP contribution in [0.2, 0.25) is 0 Å². The molecule has 0 heteroatoms. The summed E-state index contributed by atoms with van der Waals surface area (Å²) in [4.78, 5) is 0. The van der Waals surface area contributed by atoms with Crippen LogP contribution in [0.1, 0.15) is 26.7 Å². The Hall–Kier alpha value is -0.260. The Bertz CT molecular complexity index is 92.2. The van der Waals surface area contributed by atoms with Gasteiger partial charge in [0.05, 0.1) is 0 Å². The largest absolute Gasteiger partial charge is 0.0877 e. The second-order valence-corrected chi connectivity index (χ2v) is 2.77. The average molecular weight is 109 g/mol. The van der Waals surface area contributed by atoms with Gasteiger partial charge in [-0.25, -0.2) is 0 Å². The van der Waals surface area contributed by atoms with Crippen LogP contribution >= 0.6 is 0 Å². The Morgan fingerprint density at radius 2 is 2.38 bits per heavy atom. The molecular formula is C8H13. The second kappa shape index (κ2) is 2.34. The maximum absolute atomic E-state index is 2.30. The standard InChI is InChI=1S/C8H13/c1-7-4-3-5-8(2)6-7/h3-4,7H,5-6H2,1-2H3. The molecule has 45 valence electrons. The third-order valence-electron chi connectivity index (χ3n) is 1.60. The van der Waals surface area contributed by atoms with Crippen molar-refractivity contribution in [3.05, 3.63) is 18.1 Å². The molecule has 0 N–H and O–H groups in total. The molecule has 1 rings (SSSR count). The first kappa shape index (κ1) is 5.87. The Balaban J connectivity index is 2.42. The summed E-state index contributed by atoms with van der Waals surface area (Å²) in [6.07, 6.45) is 7.08. The van der Waals surface area contributed by atoms with Crippen LogP contribution < -0.4 is 0 Å². The fourth-order valence-electron chi connectivity index (χ4n) is 1.20. The van der Waals surface area contributed by atoms with Crippen LogP contribution in [-0.4, -0.2) is 0 Å². The molecule has 1 unspecified atom stereocenters. The van der Waals surface area contributed by atoms with Gasteiger partial charge in [-0.3, -0.25) is 0 Å². The van der Waals surface area contributed by atoms with Gasteiger partial charge in [0.2, 0.25) is 0 Å². The Labute approximate surface area is 51.6 Å². The van der Waals surface area contributed by atoms with E-state index in [0.717, 1.165) is 5.92 Å². The highest BCUT2D eigenvalue weighted by molar-refractivity contribution is 5.05. The molecule has 0 aromatic carbocycles. The van der Waals surface area contributed by atoms with Crippen LogP contribution in [0.15, 0.2) is 12.2 Å². The van der Waals surface area contributed by atoms with Crippen LogP contribution in [0, 0.1) is 11.8 Å². The monoisotopic (exact) mass is 109 g/mol. The molecule has 0 aromatic heterocycles. The maximum atomic E-state index is 2.30. The molecule has 0 saturated heterocycles. The third-order valence-corrected chi connectivity index (χ3v) is 1.60. The van der Waals surface area contributed by atoms with Gasteiger partial charge in [-0.05, 0) is 24.7 Å². The van der Waals surface area contributed by atoms with E-state index in [0.29, 0.717) is 0 Å². The molecule has 0 amide bonds. The van der Waals surface area contributed by atoms with Crippen molar-refractivity contribution in [1.29, 1.82) is 0 Å². The van der Waals surface area contributed by atoms with E-state index in [1.807, 2.05) is 0 Å². The molecule has 1 radical (unpaired) electrons. The molecule has 0 nitrogen and oxygen atoms in total. The van der Waals surface area contributed by atoms with Crippen LogP contribution in [-0.2, 0) is 0 Å². The minimum absolute atomic E-state index is 0.795. The van der Waals surface area contributed by atoms with Gasteiger partial charge >= 0.3 is 0 Å². The smallest absolute Gasteiger partial charge is 0.0229 e. The van der Waals surface area contributed by atoms with E-state index in [4.69, 9.17) is 0 Å². The predicted octanol–water partition coefficient (Wildman–Crippen LogP) is 2.57. The van der Waals surface area contributed by atoms with Crippen molar-refractivity contribution < 1.29 is 0 Å². The highest BCUT2D eigenvalue weighted by Crippen LogP contribution is 2.23. The van der Waals surface area contributed by atoms with Gasteiger partial charge < -0.3 is 0 Å². The summed E-state index contributed by atoms with van der Waals surface area (Å²) in [5, 5.41) is 0. The second-order valence-electron chi connectivity index (χ2n) is 2.77. The molecule has 1 aliphatic rings. The molecule has 8 heavy (non-hydrogen) atoms. The molecule has 0 fully saturated rings. The summed E-state index contributed by atoms with van der Waals surface area (Å²) in [7, 11) is 0. The van der Waals surface area contributed by atoms with Crippen molar-refractivity contribution in [1.82, 2.24) is 0 Å². The molecule has 0 bridgehead atoms. The summed E-state index contributed by atoms with van der Waals surface area (Å²) in [5.74, 6) is 2.42. The van der Waals surface area contributed by atoms with E-state index in [2.05, 4.69) is 26.0 Å². The van der Waals surface area contributed by atoms with E-state index in [9.17, 15) is 0 Å². The van der Waals surface area contributed by atoms with Crippen molar-refractivity contribution in [2.75, 3.05) is 0 Å². The lowest BCUT2D eigenvalue weighted by atomic mass is 9.89. The van der Waals surface area contributed by atoms with Crippen molar-refractivity contribution in [3.8, 4) is 0 Å². The van der Waals surface area contributed by atoms with Crippen LogP contribution in [0.5, 0.6) is 0 Å². The van der Waals surface area contributed by atoms with E-state index >= 15 is 0 Å². The zero-order valence-electron chi connectivity index (χ0n) is 5.65.